The van der Waals surface area contributed by atoms with E-state index in [0.717, 1.165) is 5.56 Å². The van der Waals surface area contributed by atoms with E-state index in [1.165, 1.54) is 5.46 Å². The highest BCUT2D eigenvalue weighted by Crippen LogP contribution is 2.13. The molecule has 1 unspecified atom stereocenters. The third-order valence-corrected chi connectivity index (χ3v) is 1.90. The molecule has 0 aliphatic carbocycles. The van der Waals surface area contributed by atoms with Crippen LogP contribution in [0.5, 0.6) is 0 Å². The molecule has 0 spiro atoms. The molecule has 0 saturated heterocycles. The monoisotopic (exact) mass is 164 g/mol. The van der Waals surface area contributed by atoms with Crippen molar-refractivity contribution in [3.63, 3.8) is 0 Å². The molecule has 0 aliphatic heterocycles. The lowest BCUT2D eigenvalue weighted by Crippen LogP contribution is -2.08. The summed E-state index contributed by atoms with van der Waals surface area (Å²) < 4.78 is 5.08. The Hall–Kier alpha value is -0.795. The van der Waals surface area contributed by atoms with E-state index in [1.54, 1.807) is 7.11 Å². The molecule has 1 N–H and O–H groups in total. The van der Waals surface area contributed by atoms with E-state index < -0.39 is 0 Å². The van der Waals surface area contributed by atoms with Crippen molar-refractivity contribution in [2.45, 2.75) is 6.10 Å². The van der Waals surface area contributed by atoms with Gasteiger partial charge in [0.15, 0.2) is 0 Å². The molecule has 1 atom stereocenters. The fourth-order valence-electron chi connectivity index (χ4n) is 1.10. The van der Waals surface area contributed by atoms with Gasteiger partial charge in [-0.3, -0.25) is 0 Å². The summed E-state index contributed by atoms with van der Waals surface area (Å²) in [6.07, 6.45) is -0.189. The van der Waals surface area contributed by atoms with E-state index in [4.69, 9.17) is 9.84 Å². The molecule has 0 aliphatic rings. The molecule has 1 aromatic carbocycles. The summed E-state index contributed by atoms with van der Waals surface area (Å²) in [5.41, 5.74) is 2.23. The van der Waals surface area contributed by atoms with Crippen molar-refractivity contribution in [3.8, 4) is 0 Å². The Morgan fingerprint density at radius 2 is 2.00 bits per heavy atom. The molecule has 1 rings (SSSR count). The van der Waals surface area contributed by atoms with Crippen molar-refractivity contribution in [2.75, 3.05) is 13.7 Å². The minimum atomic E-state index is -0.189. The number of benzene rings is 1. The Balaban J connectivity index is 2.80. The summed E-state index contributed by atoms with van der Waals surface area (Å²) in [6, 6.07) is 7.97. The number of aliphatic hydroxyl groups excluding tert-OH is 1. The molecular weight excluding hydrogens is 151 g/mol. The lowest BCUT2D eigenvalue weighted by atomic mass is 9.94. The number of hydrogen-bond donors (Lipinski definition) is 1. The molecule has 0 radical (unpaired) electrons. The van der Waals surface area contributed by atoms with Crippen molar-refractivity contribution >= 4 is 13.3 Å². The van der Waals surface area contributed by atoms with Crippen LogP contribution < -0.4 is 5.46 Å². The second-order valence-corrected chi connectivity index (χ2v) is 2.82. The van der Waals surface area contributed by atoms with Crippen LogP contribution in [0.4, 0.5) is 0 Å². The zero-order chi connectivity index (χ0) is 8.97. The van der Waals surface area contributed by atoms with E-state index in [-0.39, 0.29) is 12.7 Å². The van der Waals surface area contributed by atoms with Gasteiger partial charge in [0, 0.05) is 7.11 Å². The Kier molecular flexibility index (Phi) is 3.32. The van der Waals surface area contributed by atoms with E-state index in [1.807, 2.05) is 32.1 Å². The van der Waals surface area contributed by atoms with Crippen LogP contribution in [0.1, 0.15) is 11.7 Å². The first-order valence-corrected chi connectivity index (χ1v) is 3.98. The SMILES string of the molecule is Bc1ccc(C(CO)OC)cc1. The zero-order valence-electron chi connectivity index (χ0n) is 7.45. The van der Waals surface area contributed by atoms with Gasteiger partial charge in [0.1, 0.15) is 14.0 Å². The first-order chi connectivity index (χ1) is 5.77. The molecule has 1 aromatic rings. The Morgan fingerprint density at radius 3 is 2.42 bits per heavy atom. The van der Waals surface area contributed by atoms with Crippen LogP contribution in [0.15, 0.2) is 24.3 Å². The topological polar surface area (TPSA) is 29.5 Å². The van der Waals surface area contributed by atoms with Crippen LogP contribution in [-0.2, 0) is 4.74 Å². The average Bonchev–Trinajstić information content (AvgIpc) is 2.10. The fraction of sp³-hybridized carbons (Fsp3) is 0.333. The number of hydrogen-bond acceptors (Lipinski definition) is 2. The van der Waals surface area contributed by atoms with Crippen molar-refractivity contribution in [1.82, 2.24) is 0 Å². The van der Waals surface area contributed by atoms with Gasteiger partial charge in [-0.2, -0.15) is 0 Å². The van der Waals surface area contributed by atoms with Crippen molar-refractivity contribution in [2.24, 2.45) is 0 Å². The number of ether oxygens (including phenoxy) is 1. The number of aliphatic hydroxyl groups is 1. The van der Waals surface area contributed by atoms with Gasteiger partial charge in [0.05, 0.1) is 6.61 Å². The van der Waals surface area contributed by atoms with Gasteiger partial charge in [-0.1, -0.05) is 29.7 Å². The standard InChI is InChI=1S/C9H13BO2/c1-12-9(6-11)7-2-4-8(10)5-3-7/h2-5,9,11H,6,10H2,1H3. The molecule has 0 heterocycles. The Labute approximate surface area is 73.6 Å². The van der Waals surface area contributed by atoms with Crippen LogP contribution in [-0.4, -0.2) is 26.7 Å². The minimum absolute atomic E-state index is 0.0273. The third-order valence-electron chi connectivity index (χ3n) is 1.90. The predicted molar refractivity (Wildman–Crippen MR) is 51.5 cm³/mol. The van der Waals surface area contributed by atoms with Crippen LogP contribution >= 0.6 is 0 Å². The highest BCUT2D eigenvalue weighted by Gasteiger charge is 2.06. The highest BCUT2D eigenvalue weighted by molar-refractivity contribution is 6.32. The first-order valence-electron chi connectivity index (χ1n) is 3.98. The quantitative estimate of drug-likeness (QED) is 0.617. The smallest absolute Gasteiger partial charge is 0.139 e. The first kappa shape index (κ1) is 9.29. The molecule has 0 aromatic heterocycles. The predicted octanol–water partition coefficient (Wildman–Crippen LogP) is -0.375. The molecule has 3 heteroatoms. The largest absolute Gasteiger partial charge is 0.393 e. The summed E-state index contributed by atoms with van der Waals surface area (Å²) >= 11 is 0. The second-order valence-electron chi connectivity index (χ2n) is 2.82. The minimum Gasteiger partial charge on any atom is -0.393 e. The number of rotatable bonds is 3. The maximum atomic E-state index is 8.92. The Bertz CT molecular complexity index is 229. The third kappa shape index (κ3) is 2.09. The van der Waals surface area contributed by atoms with Crippen LogP contribution in [0, 0.1) is 0 Å². The van der Waals surface area contributed by atoms with Gasteiger partial charge in [-0.05, 0) is 5.56 Å². The van der Waals surface area contributed by atoms with E-state index in [9.17, 15) is 0 Å². The molecule has 64 valence electrons. The Morgan fingerprint density at radius 1 is 1.42 bits per heavy atom. The van der Waals surface area contributed by atoms with E-state index in [2.05, 4.69) is 0 Å². The highest BCUT2D eigenvalue weighted by atomic mass is 16.5. The van der Waals surface area contributed by atoms with Crippen LogP contribution in [0.3, 0.4) is 0 Å². The van der Waals surface area contributed by atoms with Gasteiger partial charge < -0.3 is 9.84 Å². The molecular formula is C9H13BO2. The molecule has 0 saturated carbocycles. The fourth-order valence-corrected chi connectivity index (χ4v) is 1.10. The average molecular weight is 164 g/mol. The maximum absolute atomic E-state index is 8.92. The normalized spacial score (nSPS) is 12.8. The van der Waals surface area contributed by atoms with E-state index >= 15 is 0 Å². The van der Waals surface area contributed by atoms with E-state index in [0.29, 0.717) is 0 Å². The second kappa shape index (κ2) is 4.29. The molecule has 0 amide bonds. The summed E-state index contributed by atoms with van der Waals surface area (Å²) in [5.74, 6) is 0. The molecule has 0 fully saturated rings. The van der Waals surface area contributed by atoms with Crippen LogP contribution in [0.2, 0.25) is 0 Å². The molecule has 12 heavy (non-hydrogen) atoms. The van der Waals surface area contributed by atoms with Crippen molar-refractivity contribution in [3.05, 3.63) is 29.8 Å². The molecule has 2 nitrogen and oxygen atoms in total. The summed E-state index contributed by atoms with van der Waals surface area (Å²) in [6.45, 7) is 0.0273. The van der Waals surface area contributed by atoms with Crippen molar-refractivity contribution < 1.29 is 9.84 Å². The summed E-state index contributed by atoms with van der Waals surface area (Å²) in [5, 5.41) is 8.92. The lowest BCUT2D eigenvalue weighted by molar-refractivity contribution is 0.0484. The summed E-state index contributed by atoms with van der Waals surface area (Å²) in [4.78, 5) is 0. The van der Waals surface area contributed by atoms with Gasteiger partial charge in [0.25, 0.3) is 0 Å². The van der Waals surface area contributed by atoms with Gasteiger partial charge in [0.2, 0.25) is 0 Å². The molecule has 0 bridgehead atoms. The van der Waals surface area contributed by atoms with Gasteiger partial charge in [-0.15, -0.1) is 0 Å². The number of methoxy groups -OCH3 is 1. The van der Waals surface area contributed by atoms with Gasteiger partial charge >= 0.3 is 0 Å². The maximum Gasteiger partial charge on any atom is 0.139 e. The summed E-state index contributed by atoms with van der Waals surface area (Å²) in [7, 11) is 3.63. The lowest BCUT2D eigenvalue weighted by Gasteiger charge is -2.12. The van der Waals surface area contributed by atoms with Crippen LogP contribution in [0.25, 0.3) is 0 Å². The zero-order valence-corrected chi connectivity index (χ0v) is 7.45. The van der Waals surface area contributed by atoms with Gasteiger partial charge in [-0.25, -0.2) is 0 Å². The van der Waals surface area contributed by atoms with Crippen molar-refractivity contribution in [1.29, 1.82) is 0 Å².